The number of carbonyl (C=O) groups is 1. The van der Waals surface area contributed by atoms with Gasteiger partial charge in [-0.15, -0.1) is 13.2 Å². The molecule has 0 saturated carbocycles. The topological polar surface area (TPSA) is 78.3 Å². The molecular formula is C27H27F3N4O3. The van der Waals surface area contributed by atoms with E-state index in [9.17, 15) is 18.0 Å². The highest BCUT2D eigenvalue weighted by Crippen LogP contribution is 2.24. The predicted molar refractivity (Wildman–Crippen MR) is 132 cm³/mol. The number of pyridine rings is 1. The molecule has 1 amide bonds. The molecule has 0 aliphatic rings. The molecule has 0 aliphatic carbocycles. The van der Waals surface area contributed by atoms with Crippen LogP contribution in [0.2, 0.25) is 0 Å². The normalized spacial score (nSPS) is 12.4. The molecule has 0 fully saturated rings. The van der Waals surface area contributed by atoms with Crippen LogP contribution >= 0.6 is 0 Å². The smallest absolute Gasteiger partial charge is 0.497 e. The first-order valence-corrected chi connectivity index (χ1v) is 11.7. The number of methoxy groups -OCH3 is 1. The van der Waals surface area contributed by atoms with Crippen LogP contribution in [0.4, 0.5) is 13.2 Å². The van der Waals surface area contributed by atoms with Gasteiger partial charge in [0.25, 0.3) is 0 Å². The van der Waals surface area contributed by atoms with E-state index in [1.807, 2.05) is 48.7 Å². The molecule has 10 heteroatoms. The van der Waals surface area contributed by atoms with Crippen molar-refractivity contribution in [2.24, 2.45) is 0 Å². The third kappa shape index (κ3) is 6.78. The number of hydrogen-bond acceptors (Lipinski definition) is 5. The number of nitrogens with zero attached hydrogens (tertiary/aromatic N) is 3. The third-order valence-corrected chi connectivity index (χ3v) is 5.87. The van der Waals surface area contributed by atoms with Crippen LogP contribution in [-0.4, -0.2) is 33.9 Å². The number of imidazole rings is 1. The van der Waals surface area contributed by atoms with Gasteiger partial charge in [-0.05, 0) is 60.9 Å². The Morgan fingerprint density at radius 3 is 2.41 bits per heavy atom. The lowest BCUT2D eigenvalue weighted by Gasteiger charge is -2.15. The number of fused-ring (bicyclic) bond motifs is 1. The van der Waals surface area contributed by atoms with E-state index in [1.54, 1.807) is 25.4 Å². The molecule has 2 aromatic heterocycles. The van der Waals surface area contributed by atoms with Crippen LogP contribution in [0.5, 0.6) is 11.5 Å². The third-order valence-electron chi connectivity index (χ3n) is 5.87. The molecule has 0 bridgehead atoms. The molecule has 0 unspecified atom stereocenters. The molecule has 1 atom stereocenters. The zero-order valence-corrected chi connectivity index (χ0v) is 20.7. The summed E-state index contributed by atoms with van der Waals surface area (Å²) in [5.74, 6) is 0.992. The van der Waals surface area contributed by atoms with Gasteiger partial charge in [0.1, 0.15) is 22.8 Å². The largest absolute Gasteiger partial charge is 0.573 e. The van der Waals surface area contributed by atoms with E-state index in [2.05, 4.69) is 15.0 Å². The van der Waals surface area contributed by atoms with Crippen LogP contribution in [0.25, 0.3) is 11.2 Å². The van der Waals surface area contributed by atoms with Crippen molar-refractivity contribution in [3.8, 4) is 11.5 Å². The van der Waals surface area contributed by atoms with Gasteiger partial charge in [0.15, 0.2) is 5.65 Å². The fourth-order valence-corrected chi connectivity index (χ4v) is 4.01. The van der Waals surface area contributed by atoms with E-state index in [0.717, 1.165) is 22.4 Å². The number of alkyl halides is 3. The molecule has 0 aliphatic heterocycles. The number of aromatic nitrogens is 3. The van der Waals surface area contributed by atoms with Crippen LogP contribution in [0.15, 0.2) is 60.8 Å². The molecule has 4 rings (SSSR count). The van der Waals surface area contributed by atoms with Gasteiger partial charge in [-0.25, -0.2) is 9.97 Å². The molecule has 2 heterocycles. The molecule has 0 spiro atoms. The quantitative estimate of drug-likeness (QED) is 0.320. The number of ether oxygens (including phenoxy) is 2. The van der Waals surface area contributed by atoms with Crippen molar-refractivity contribution >= 4 is 17.1 Å². The molecule has 1 N–H and O–H groups in total. The van der Waals surface area contributed by atoms with Gasteiger partial charge in [-0.1, -0.05) is 24.3 Å². The lowest BCUT2D eigenvalue weighted by molar-refractivity contribution is -0.274. The lowest BCUT2D eigenvalue weighted by Crippen LogP contribution is -2.27. The summed E-state index contributed by atoms with van der Waals surface area (Å²) in [7, 11) is 1.60. The Balaban J connectivity index is 1.48. The predicted octanol–water partition coefficient (Wildman–Crippen LogP) is 5.51. The van der Waals surface area contributed by atoms with Crippen molar-refractivity contribution in [3.63, 3.8) is 0 Å². The van der Waals surface area contributed by atoms with E-state index in [-0.39, 0.29) is 24.1 Å². The molecule has 37 heavy (non-hydrogen) atoms. The Morgan fingerprint density at radius 2 is 1.76 bits per heavy atom. The van der Waals surface area contributed by atoms with Crippen LogP contribution in [-0.2, 0) is 17.8 Å². The van der Waals surface area contributed by atoms with Gasteiger partial charge in [-0.2, -0.15) is 0 Å². The minimum absolute atomic E-state index is 0.125. The second kappa shape index (κ2) is 10.9. The SMILES string of the molecule is COc1ccc([C@H](C)NC(=O)CCc2nc3cc(C)cnc3n2Cc2ccc(OC(F)(F)F)cc2)cc1. The van der Waals surface area contributed by atoms with Crippen molar-refractivity contribution in [2.75, 3.05) is 7.11 Å². The van der Waals surface area contributed by atoms with Crippen molar-refractivity contribution in [1.29, 1.82) is 0 Å². The van der Waals surface area contributed by atoms with Gasteiger partial charge in [0.2, 0.25) is 5.91 Å². The first kappa shape index (κ1) is 26.0. The number of aryl methyl sites for hydroxylation is 2. The summed E-state index contributed by atoms with van der Waals surface area (Å²) in [4.78, 5) is 21.9. The first-order chi connectivity index (χ1) is 17.6. The molecule has 0 radical (unpaired) electrons. The summed E-state index contributed by atoms with van der Waals surface area (Å²) >= 11 is 0. The van der Waals surface area contributed by atoms with Gasteiger partial charge in [0.05, 0.1) is 19.7 Å². The van der Waals surface area contributed by atoms with Crippen LogP contribution < -0.4 is 14.8 Å². The van der Waals surface area contributed by atoms with Crippen molar-refractivity contribution in [1.82, 2.24) is 19.9 Å². The van der Waals surface area contributed by atoms with Gasteiger partial charge < -0.3 is 19.4 Å². The summed E-state index contributed by atoms with van der Waals surface area (Å²) in [6.07, 6.45) is -2.44. The monoisotopic (exact) mass is 512 g/mol. The second-order valence-electron chi connectivity index (χ2n) is 8.72. The molecule has 4 aromatic rings. The van der Waals surface area contributed by atoms with Gasteiger partial charge in [0, 0.05) is 19.0 Å². The zero-order valence-electron chi connectivity index (χ0n) is 20.7. The van der Waals surface area contributed by atoms with E-state index in [4.69, 9.17) is 9.72 Å². The van der Waals surface area contributed by atoms with Crippen molar-refractivity contribution in [3.05, 3.63) is 83.3 Å². The number of rotatable bonds is 9. The maximum atomic E-state index is 12.7. The molecule has 2 aromatic carbocycles. The Labute approximate surface area is 212 Å². The number of hydrogen-bond donors (Lipinski definition) is 1. The number of halogens is 3. The summed E-state index contributed by atoms with van der Waals surface area (Å²) in [5, 5.41) is 3.00. The average molecular weight is 513 g/mol. The molecule has 7 nitrogen and oxygen atoms in total. The highest BCUT2D eigenvalue weighted by atomic mass is 19.4. The number of nitrogens with one attached hydrogen (secondary N) is 1. The minimum atomic E-state index is -4.75. The summed E-state index contributed by atoms with van der Waals surface area (Å²) in [5.41, 5.74) is 3.99. The van der Waals surface area contributed by atoms with Gasteiger partial charge in [-0.3, -0.25) is 4.79 Å². The van der Waals surface area contributed by atoms with Gasteiger partial charge >= 0.3 is 6.36 Å². The first-order valence-electron chi connectivity index (χ1n) is 11.7. The minimum Gasteiger partial charge on any atom is -0.497 e. The summed E-state index contributed by atoms with van der Waals surface area (Å²) < 4.78 is 48.5. The standard InChI is InChI=1S/C27H27F3N4O3/c1-17-14-23-26(31-15-17)34(16-19-4-8-22(9-5-19)37-27(28,29)30)24(33-23)12-13-25(35)32-18(2)20-6-10-21(36-3)11-7-20/h4-11,14-15,18H,12-13,16H2,1-3H3,(H,32,35)/t18-/m0/s1. The Morgan fingerprint density at radius 1 is 1.08 bits per heavy atom. The Hall–Kier alpha value is -4.08. The average Bonchev–Trinajstić information content (AvgIpc) is 3.19. The summed E-state index contributed by atoms with van der Waals surface area (Å²) in [6.45, 7) is 4.16. The molecular weight excluding hydrogens is 485 g/mol. The van der Waals surface area contributed by atoms with E-state index < -0.39 is 6.36 Å². The Kier molecular flexibility index (Phi) is 7.66. The van der Waals surface area contributed by atoms with Crippen molar-refractivity contribution < 1.29 is 27.4 Å². The van der Waals surface area contributed by atoms with Crippen LogP contribution in [0.1, 0.15) is 41.9 Å². The maximum absolute atomic E-state index is 12.7. The maximum Gasteiger partial charge on any atom is 0.573 e. The fraction of sp³-hybridized carbons (Fsp3) is 0.296. The molecule has 194 valence electrons. The highest BCUT2D eigenvalue weighted by Gasteiger charge is 2.31. The number of benzene rings is 2. The zero-order chi connectivity index (χ0) is 26.6. The second-order valence-corrected chi connectivity index (χ2v) is 8.72. The Bertz CT molecular complexity index is 1370. The number of amides is 1. The number of carbonyl (C=O) groups excluding carboxylic acids is 1. The van der Waals surface area contributed by atoms with Crippen LogP contribution in [0, 0.1) is 6.92 Å². The van der Waals surface area contributed by atoms with Crippen LogP contribution in [0.3, 0.4) is 0 Å². The summed E-state index contributed by atoms with van der Waals surface area (Å²) in [6, 6.07) is 14.9. The van der Waals surface area contributed by atoms with E-state index in [1.165, 1.54) is 12.1 Å². The molecule has 0 saturated heterocycles. The fourth-order valence-electron chi connectivity index (χ4n) is 4.01. The van der Waals surface area contributed by atoms with E-state index in [0.29, 0.717) is 30.0 Å². The van der Waals surface area contributed by atoms with E-state index >= 15 is 0 Å². The highest BCUT2D eigenvalue weighted by molar-refractivity contribution is 5.77. The lowest BCUT2D eigenvalue weighted by atomic mass is 10.1. The van der Waals surface area contributed by atoms with Crippen molar-refractivity contribution in [2.45, 2.75) is 45.6 Å².